The second kappa shape index (κ2) is 14.2. The maximum atomic E-state index is 11.8. The van der Waals surface area contributed by atoms with Crippen LogP contribution in [-0.2, 0) is 44.4 Å². The van der Waals surface area contributed by atoms with Crippen LogP contribution in [0.15, 0.2) is 121 Å². The Hall–Kier alpha value is -4.79. The molecule has 2 heterocycles. The van der Waals surface area contributed by atoms with Gasteiger partial charge in [-0.3, -0.25) is 4.98 Å². The zero-order chi connectivity index (χ0) is 37.0. The Morgan fingerprint density at radius 1 is 0.604 bits per heavy atom. The van der Waals surface area contributed by atoms with Gasteiger partial charge in [-0.05, 0) is 51.3 Å². The van der Waals surface area contributed by atoms with Crippen molar-refractivity contribution in [3.8, 4) is 50.6 Å². The Bertz CT molecular complexity index is 2410. The Labute approximate surface area is 329 Å². The summed E-state index contributed by atoms with van der Waals surface area (Å²) < 4.78 is 2.11. The smallest absolute Gasteiger partial charge is 0.143 e. The molecule has 272 valence electrons. The molecule has 0 amide bonds. The van der Waals surface area contributed by atoms with Crippen LogP contribution in [0.3, 0.4) is 0 Å². The fourth-order valence-electron chi connectivity index (χ4n) is 7.11. The predicted molar refractivity (Wildman–Crippen MR) is 217 cm³/mol. The van der Waals surface area contributed by atoms with Crippen LogP contribution < -0.4 is 0 Å². The number of hydrogen-bond donors (Lipinski definition) is 1. The summed E-state index contributed by atoms with van der Waals surface area (Å²) in [6, 6.07) is 44.2. The van der Waals surface area contributed by atoms with Gasteiger partial charge in [-0.2, -0.15) is 0 Å². The molecule has 0 bridgehead atoms. The summed E-state index contributed by atoms with van der Waals surface area (Å²) in [6.45, 7) is 17.6. The first-order valence-corrected chi connectivity index (χ1v) is 18.1. The van der Waals surface area contributed by atoms with Gasteiger partial charge in [-0.1, -0.05) is 151 Å². The van der Waals surface area contributed by atoms with E-state index in [0.29, 0.717) is 0 Å². The molecule has 5 aromatic carbocycles. The molecule has 0 unspecified atom stereocenters. The van der Waals surface area contributed by atoms with Crippen molar-refractivity contribution >= 4 is 11.0 Å². The third-order valence-corrected chi connectivity index (χ3v) is 10.5. The molecule has 4 nitrogen and oxygen atoms in total. The quantitative estimate of drug-likeness (QED) is 0.169. The number of phenols is 1. The van der Waals surface area contributed by atoms with Crippen LogP contribution >= 0.6 is 0 Å². The van der Waals surface area contributed by atoms with Crippen LogP contribution in [0.4, 0.5) is 0 Å². The molecule has 2 aromatic heterocycles. The average Bonchev–Trinajstić information content (AvgIpc) is 3.47. The summed E-state index contributed by atoms with van der Waals surface area (Å²) >= 11 is 0. The van der Waals surface area contributed by atoms with E-state index in [1.807, 2.05) is 19.3 Å². The Kier molecular flexibility index (Phi) is 10.2. The normalized spacial score (nSPS) is 12.2. The Morgan fingerprint density at radius 2 is 1.26 bits per heavy atom. The number of aromatic hydroxyl groups is 1. The maximum Gasteiger partial charge on any atom is 0.143 e. The van der Waals surface area contributed by atoms with Gasteiger partial charge >= 0.3 is 0 Å². The van der Waals surface area contributed by atoms with Gasteiger partial charge in [0.25, 0.3) is 0 Å². The molecule has 0 aliphatic carbocycles. The molecule has 0 saturated heterocycles. The average molecular weight is 878 g/mol. The molecule has 0 saturated carbocycles. The van der Waals surface area contributed by atoms with E-state index in [1.54, 1.807) is 0 Å². The first-order chi connectivity index (χ1) is 24.6. The predicted octanol–water partition coefficient (Wildman–Crippen LogP) is 12.1. The van der Waals surface area contributed by atoms with Crippen molar-refractivity contribution in [1.82, 2.24) is 14.5 Å². The van der Waals surface area contributed by atoms with E-state index < -0.39 is 0 Å². The first-order valence-electron chi connectivity index (χ1n) is 18.1. The third kappa shape index (κ3) is 7.27. The van der Waals surface area contributed by atoms with Gasteiger partial charge in [0, 0.05) is 51.0 Å². The zero-order valence-corrected chi connectivity index (χ0v) is 34.4. The zero-order valence-electron chi connectivity index (χ0n) is 32.2. The molecule has 0 aliphatic heterocycles. The summed E-state index contributed by atoms with van der Waals surface area (Å²) in [4.78, 5) is 10.2. The maximum absolute atomic E-state index is 11.8. The van der Waals surface area contributed by atoms with E-state index in [4.69, 9.17) is 9.97 Å². The first kappa shape index (κ1) is 37.9. The summed E-state index contributed by atoms with van der Waals surface area (Å²) in [5.41, 5.74) is 12.4. The molecule has 0 fully saturated rings. The van der Waals surface area contributed by atoms with Crippen molar-refractivity contribution in [2.24, 2.45) is 7.05 Å². The number of pyridine rings is 1. The van der Waals surface area contributed by atoms with Gasteiger partial charge in [0.05, 0.1) is 16.6 Å². The standard InChI is InChI=1S/C48H48N3O.Pt/c1-46(2,3)36-29-39(44(52)40(30-36)47(4,5)6)45-50-43-38(21-16-22-42(43)51(45)9)33-25-34(27-37(26-33)48(7,8)35-19-14-11-15-20-35)41-28-32(23-24-49-41)31-17-12-10-13-18-31;/h10-24,26-30,52H,1-9H3;/q-1;. The van der Waals surface area contributed by atoms with Crippen LogP contribution in [0, 0.1) is 6.07 Å². The number of hydrogen-bond acceptors (Lipinski definition) is 3. The largest absolute Gasteiger partial charge is 0.507 e. The van der Waals surface area contributed by atoms with E-state index in [-0.39, 0.29) is 43.1 Å². The van der Waals surface area contributed by atoms with Gasteiger partial charge in [0.15, 0.2) is 0 Å². The fraction of sp³-hybridized carbons (Fsp3) is 0.250. The number of phenolic OH excluding ortho intramolecular Hbond substituents is 1. The number of aromatic nitrogens is 3. The summed E-state index contributed by atoms with van der Waals surface area (Å²) in [6.07, 6.45) is 1.88. The summed E-state index contributed by atoms with van der Waals surface area (Å²) in [5, 5.41) is 11.8. The number of nitrogens with zero attached hydrogens (tertiary/aromatic N) is 3. The van der Waals surface area contributed by atoms with Crippen LogP contribution in [0.1, 0.15) is 77.6 Å². The van der Waals surface area contributed by atoms with Crippen molar-refractivity contribution in [3.05, 3.63) is 150 Å². The molecular formula is C48H48N3OPt-. The van der Waals surface area contributed by atoms with E-state index >= 15 is 0 Å². The molecule has 7 aromatic rings. The SMILES string of the molecule is Cn1c(-c2cc(C(C)(C)C)cc(C(C)(C)C)c2O)nc2c(-c3[c-]c(-c4cc(-c5ccccc5)ccn4)cc(C(C)(C)c4ccccc4)c3)cccc21.[Pt]. The molecule has 0 radical (unpaired) electrons. The molecule has 5 heteroatoms. The molecule has 0 aliphatic rings. The number of fused-ring (bicyclic) bond motifs is 1. The van der Waals surface area contributed by atoms with Crippen molar-refractivity contribution in [3.63, 3.8) is 0 Å². The monoisotopic (exact) mass is 877 g/mol. The van der Waals surface area contributed by atoms with Crippen LogP contribution in [0.2, 0.25) is 0 Å². The number of rotatable bonds is 6. The van der Waals surface area contributed by atoms with Crippen LogP contribution in [-0.4, -0.2) is 19.6 Å². The minimum Gasteiger partial charge on any atom is -0.507 e. The Balaban J connectivity index is 0.00000481. The van der Waals surface area contributed by atoms with Crippen molar-refractivity contribution in [1.29, 1.82) is 0 Å². The van der Waals surface area contributed by atoms with Crippen LogP contribution in [0.25, 0.3) is 55.9 Å². The van der Waals surface area contributed by atoms with Gasteiger partial charge in [-0.25, -0.2) is 4.98 Å². The Morgan fingerprint density at radius 3 is 1.92 bits per heavy atom. The molecule has 0 atom stereocenters. The van der Waals surface area contributed by atoms with Gasteiger partial charge < -0.3 is 9.67 Å². The number of imidazole rings is 1. The molecule has 7 rings (SSSR count). The van der Waals surface area contributed by atoms with E-state index in [2.05, 4.69) is 175 Å². The van der Waals surface area contributed by atoms with E-state index in [9.17, 15) is 5.11 Å². The molecule has 1 N–H and O–H groups in total. The summed E-state index contributed by atoms with van der Waals surface area (Å²) in [5.74, 6) is 1.01. The molecule has 0 spiro atoms. The molecular weight excluding hydrogens is 830 g/mol. The van der Waals surface area contributed by atoms with Crippen molar-refractivity contribution in [2.75, 3.05) is 0 Å². The van der Waals surface area contributed by atoms with Gasteiger partial charge in [0.2, 0.25) is 0 Å². The minimum atomic E-state index is -0.303. The number of para-hydroxylation sites is 1. The van der Waals surface area contributed by atoms with Crippen molar-refractivity contribution in [2.45, 2.75) is 71.6 Å². The summed E-state index contributed by atoms with van der Waals surface area (Å²) in [7, 11) is 2.04. The number of aryl methyl sites for hydroxylation is 1. The van der Waals surface area contributed by atoms with Gasteiger partial charge in [-0.15, -0.1) is 29.3 Å². The van der Waals surface area contributed by atoms with Gasteiger partial charge in [0.1, 0.15) is 11.6 Å². The van der Waals surface area contributed by atoms with Crippen molar-refractivity contribution < 1.29 is 26.2 Å². The second-order valence-electron chi connectivity index (χ2n) is 16.6. The second-order valence-corrected chi connectivity index (χ2v) is 16.6. The van der Waals surface area contributed by atoms with E-state index in [0.717, 1.165) is 72.6 Å². The number of benzene rings is 5. The topological polar surface area (TPSA) is 50.9 Å². The molecule has 53 heavy (non-hydrogen) atoms. The minimum absolute atomic E-state index is 0. The third-order valence-electron chi connectivity index (χ3n) is 10.5. The van der Waals surface area contributed by atoms with Crippen LogP contribution in [0.5, 0.6) is 5.75 Å². The van der Waals surface area contributed by atoms with E-state index in [1.165, 1.54) is 5.56 Å². The fourth-order valence-corrected chi connectivity index (χ4v) is 7.11.